The Balaban J connectivity index is 3.94. The van der Waals surface area contributed by atoms with Crippen LogP contribution in [0.2, 0.25) is 0 Å². The van der Waals surface area contributed by atoms with E-state index in [1.807, 2.05) is 13.3 Å². The van der Waals surface area contributed by atoms with Crippen LogP contribution in [0.1, 0.15) is 33.6 Å². The Hall–Kier alpha value is -0.220. The van der Waals surface area contributed by atoms with E-state index in [2.05, 4.69) is 20.8 Å². The first-order chi connectivity index (χ1) is 7.26. The van der Waals surface area contributed by atoms with Gasteiger partial charge in [0.25, 0.3) is 0 Å². The number of nitrogens with two attached hydrogens (primary N) is 1. The largest absolute Gasteiger partial charge is 0.345 e. The summed E-state index contributed by atoms with van der Waals surface area (Å²) >= 11 is 1.75. The number of amides is 1. The van der Waals surface area contributed by atoms with Crippen LogP contribution in [0.25, 0.3) is 0 Å². The van der Waals surface area contributed by atoms with Gasteiger partial charge in [-0.05, 0) is 18.1 Å². The third-order valence-corrected chi connectivity index (χ3v) is 2.96. The zero-order chi connectivity index (χ0) is 12.8. The predicted octanol–water partition coefficient (Wildman–Crippen LogP) is 1.96. The molecule has 1 atom stereocenters. The number of rotatable bonds is 6. The van der Waals surface area contributed by atoms with E-state index >= 15 is 0 Å². The van der Waals surface area contributed by atoms with Crippen molar-refractivity contribution in [3.05, 3.63) is 0 Å². The van der Waals surface area contributed by atoms with Crippen molar-refractivity contribution in [2.24, 2.45) is 11.1 Å². The fraction of sp³-hybridized carbons (Fsp3) is 0.917. The van der Waals surface area contributed by atoms with Crippen LogP contribution in [0.15, 0.2) is 0 Å². The van der Waals surface area contributed by atoms with Crippen molar-refractivity contribution in [3.63, 3.8) is 0 Å². The summed E-state index contributed by atoms with van der Waals surface area (Å²) in [7, 11) is 1.85. The van der Waals surface area contributed by atoms with Crippen molar-refractivity contribution in [3.8, 4) is 0 Å². The quantitative estimate of drug-likeness (QED) is 0.779. The Bertz CT molecular complexity index is 214. The molecular formula is C12H26N2OS. The number of thioether (sulfide) groups is 1. The van der Waals surface area contributed by atoms with Gasteiger partial charge in [-0.1, -0.05) is 20.8 Å². The van der Waals surface area contributed by atoms with Gasteiger partial charge in [-0.2, -0.15) is 11.8 Å². The smallest absolute Gasteiger partial charge is 0.223 e. The van der Waals surface area contributed by atoms with E-state index in [1.165, 1.54) is 0 Å². The summed E-state index contributed by atoms with van der Waals surface area (Å²) in [5, 5.41) is 0. The van der Waals surface area contributed by atoms with E-state index in [0.717, 1.165) is 18.7 Å². The lowest BCUT2D eigenvalue weighted by Crippen LogP contribution is -2.36. The van der Waals surface area contributed by atoms with Gasteiger partial charge in [0.2, 0.25) is 5.91 Å². The first kappa shape index (κ1) is 15.8. The highest BCUT2D eigenvalue weighted by Crippen LogP contribution is 2.21. The van der Waals surface area contributed by atoms with Crippen molar-refractivity contribution in [2.75, 3.05) is 25.6 Å². The highest BCUT2D eigenvalue weighted by Gasteiger charge is 2.19. The number of hydrogen-bond acceptors (Lipinski definition) is 3. The van der Waals surface area contributed by atoms with E-state index in [-0.39, 0.29) is 17.4 Å². The molecule has 16 heavy (non-hydrogen) atoms. The van der Waals surface area contributed by atoms with Gasteiger partial charge >= 0.3 is 0 Å². The van der Waals surface area contributed by atoms with Gasteiger partial charge < -0.3 is 10.6 Å². The van der Waals surface area contributed by atoms with Crippen molar-refractivity contribution in [2.45, 2.75) is 39.7 Å². The molecule has 1 amide bonds. The second kappa shape index (κ2) is 7.17. The van der Waals surface area contributed by atoms with Gasteiger partial charge in [0.1, 0.15) is 0 Å². The Morgan fingerprint density at radius 1 is 1.44 bits per heavy atom. The topological polar surface area (TPSA) is 46.3 Å². The molecule has 0 bridgehead atoms. The monoisotopic (exact) mass is 246 g/mol. The number of hydrogen-bond donors (Lipinski definition) is 1. The van der Waals surface area contributed by atoms with E-state index < -0.39 is 0 Å². The normalized spacial score (nSPS) is 13.6. The third-order valence-electron chi connectivity index (χ3n) is 2.37. The maximum Gasteiger partial charge on any atom is 0.223 e. The lowest BCUT2D eigenvalue weighted by molar-refractivity contribution is -0.130. The van der Waals surface area contributed by atoms with Gasteiger partial charge in [0.15, 0.2) is 0 Å². The summed E-state index contributed by atoms with van der Waals surface area (Å²) in [5.41, 5.74) is 6.17. The fourth-order valence-electron chi connectivity index (χ4n) is 1.59. The molecule has 0 rings (SSSR count). The molecule has 1 unspecified atom stereocenters. The van der Waals surface area contributed by atoms with Gasteiger partial charge in [0.05, 0.1) is 0 Å². The molecule has 0 spiro atoms. The maximum absolute atomic E-state index is 11.8. The van der Waals surface area contributed by atoms with Crippen LogP contribution < -0.4 is 5.73 Å². The minimum atomic E-state index is -0.0239. The number of carbonyl (C=O) groups is 1. The molecule has 0 aromatic rings. The highest BCUT2D eigenvalue weighted by molar-refractivity contribution is 7.98. The molecule has 0 heterocycles. The van der Waals surface area contributed by atoms with E-state index in [9.17, 15) is 4.79 Å². The summed E-state index contributed by atoms with van der Waals surface area (Å²) < 4.78 is 0. The molecule has 3 nitrogen and oxygen atoms in total. The second-order valence-electron chi connectivity index (χ2n) is 5.54. The molecule has 2 N–H and O–H groups in total. The third kappa shape index (κ3) is 7.99. The summed E-state index contributed by atoms with van der Waals surface area (Å²) in [6.45, 7) is 7.25. The van der Waals surface area contributed by atoms with Crippen molar-refractivity contribution >= 4 is 17.7 Å². The lowest BCUT2D eigenvalue weighted by Gasteiger charge is -2.24. The molecule has 0 aromatic heterocycles. The van der Waals surface area contributed by atoms with Crippen molar-refractivity contribution in [1.82, 2.24) is 4.90 Å². The average Bonchev–Trinajstić information content (AvgIpc) is 2.10. The molecule has 0 aliphatic heterocycles. The average molecular weight is 246 g/mol. The van der Waals surface area contributed by atoms with Crippen LogP contribution in [0.3, 0.4) is 0 Å². The van der Waals surface area contributed by atoms with Gasteiger partial charge in [-0.25, -0.2) is 0 Å². The van der Waals surface area contributed by atoms with E-state index in [1.54, 1.807) is 16.7 Å². The van der Waals surface area contributed by atoms with Gasteiger partial charge in [-0.15, -0.1) is 0 Å². The molecular weight excluding hydrogens is 220 g/mol. The standard InChI is InChI=1S/C12H26N2OS/c1-12(2,3)9-10(13)8-11(15)14(4)6-7-16-5/h10H,6-9,13H2,1-5H3. The Morgan fingerprint density at radius 2 is 2.00 bits per heavy atom. The molecule has 4 heteroatoms. The summed E-state index contributed by atoms with van der Waals surface area (Å²) in [4.78, 5) is 13.6. The fourth-order valence-corrected chi connectivity index (χ4v) is 2.05. The van der Waals surface area contributed by atoms with Crippen molar-refractivity contribution < 1.29 is 4.79 Å². The van der Waals surface area contributed by atoms with Crippen LogP contribution >= 0.6 is 11.8 Å². The zero-order valence-electron chi connectivity index (χ0n) is 11.2. The number of carbonyl (C=O) groups excluding carboxylic acids is 1. The first-order valence-corrected chi connectivity index (χ1v) is 7.14. The molecule has 0 saturated carbocycles. The minimum Gasteiger partial charge on any atom is -0.345 e. The van der Waals surface area contributed by atoms with Crippen LogP contribution in [0.4, 0.5) is 0 Å². The molecule has 0 aromatic carbocycles. The van der Waals surface area contributed by atoms with E-state index in [0.29, 0.717) is 6.42 Å². The van der Waals surface area contributed by atoms with Crippen LogP contribution in [-0.2, 0) is 4.79 Å². The Morgan fingerprint density at radius 3 is 2.44 bits per heavy atom. The Labute approximate surface area is 104 Å². The molecule has 0 aliphatic carbocycles. The molecule has 0 radical (unpaired) electrons. The van der Waals surface area contributed by atoms with Crippen LogP contribution in [-0.4, -0.2) is 42.4 Å². The van der Waals surface area contributed by atoms with E-state index in [4.69, 9.17) is 5.73 Å². The molecule has 0 aliphatic rings. The maximum atomic E-state index is 11.8. The molecule has 0 saturated heterocycles. The lowest BCUT2D eigenvalue weighted by atomic mass is 9.87. The molecule has 0 fully saturated rings. The van der Waals surface area contributed by atoms with Gasteiger partial charge in [0, 0.05) is 31.8 Å². The Kier molecular flexibility index (Phi) is 7.07. The minimum absolute atomic E-state index is 0.0239. The predicted molar refractivity (Wildman–Crippen MR) is 72.7 cm³/mol. The zero-order valence-corrected chi connectivity index (χ0v) is 12.1. The summed E-state index contributed by atoms with van der Waals surface area (Å²) in [6, 6.07) is -0.0239. The van der Waals surface area contributed by atoms with Crippen molar-refractivity contribution in [1.29, 1.82) is 0 Å². The number of nitrogens with zero attached hydrogens (tertiary/aromatic N) is 1. The SMILES string of the molecule is CSCCN(C)C(=O)CC(N)CC(C)(C)C. The summed E-state index contributed by atoms with van der Waals surface area (Å²) in [5.74, 6) is 1.14. The molecule has 96 valence electrons. The van der Waals surface area contributed by atoms with Crippen LogP contribution in [0.5, 0.6) is 0 Å². The first-order valence-electron chi connectivity index (χ1n) is 5.75. The highest BCUT2D eigenvalue weighted by atomic mass is 32.2. The second-order valence-corrected chi connectivity index (χ2v) is 6.52. The van der Waals surface area contributed by atoms with Gasteiger partial charge in [-0.3, -0.25) is 4.79 Å². The summed E-state index contributed by atoms with van der Waals surface area (Å²) in [6.07, 6.45) is 3.39. The van der Waals surface area contributed by atoms with Crippen LogP contribution in [0, 0.1) is 5.41 Å².